The SMILES string of the molecule is CC(C)(C)c1ncc(-c2ccc3c(c2)[nH]c2ccncc23)cc1C(F)(F)F. The minimum Gasteiger partial charge on any atom is -0.354 e. The van der Waals surface area contributed by atoms with Gasteiger partial charge in [0.05, 0.1) is 11.3 Å². The first-order chi connectivity index (χ1) is 12.6. The average Bonchev–Trinajstić information content (AvgIpc) is 2.97. The largest absolute Gasteiger partial charge is 0.418 e. The number of hydrogen-bond acceptors (Lipinski definition) is 2. The van der Waals surface area contributed by atoms with E-state index in [1.807, 2.05) is 24.3 Å². The van der Waals surface area contributed by atoms with E-state index < -0.39 is 17.2 Å². The third-order valence-electron chi connectivity index (χ3n) is 4.64. The fourth-order valence-corrected chi connectivity index (χ4v) is 3.36. The maximum Gasteiger partial charge on any atom is 0.418 e. The first-order valence-electron chi connectivity index (χ1n) is 8.58. The predicted molar refractivity (Wildman–Crippen MR) is 101 cm³/mol. The van der Waals surface area contributed by atoms with Gasteiger partial charge in [0.2, 0.25) is 0 Å². The van der Waals surface area contributed by atoms with Crippen molar-refractivity contribution >= 4 is 21.8 Å². The third kappa shape index (κ3) is 3.05. The molecule has 3 heterocycles. The second-order valence-corrected chi connectivity index (χ2v) is 7.67. The van der Waals surface area contributed by atoms with Crippen LogP contribution in [-0.2, 0) is 11.6 Å². The topological polar surface area (TPSA) is 41.6 Å². The number of nitrogens with zero attached hydrogens (tertiary/aromatic N) is 2. The molecule has 0 saturated heterocycles. The number of H-pyrrole nitrogens is 1. The van der Waals surface area contributed by atoms with Gasteiger partial charge in [-0.1, -0.05) is 32.9 Å². The molecule has 1 N–H and O–H groups in total. The molecule has 0 atom stereocenters. The summed E-state index contributed by atoms with van der Waals surface area (Å²) in [7, 11) is 0. The lowest BCUT2D eigenvalue weighted by atomic mass is 9.87. The number of benzene rings is 1. The Bertz CT molecular complexity index is 1150. The first-order valence-corrected chi connectivity index (χ1v) is 8.58. The van der Waals surface area contributed by atoms with Gasteiger partial charge in [0, 0.05) is 51.4 Å². The number of hydrogen-bond donors (Lipinski definition) is 1. The van der Waals surface area contributed by atoms with Crippen molar-refractivity contribution in [2.75, 3.05) is 0 Å². The fourth-order valence-electron chi connectivity index (χ4n) is 3.36. The second kappa shape index (κ2) is 5.81. The fraction of sp³-hybridized carbons (Fsp3) is 0.238. The number of pyridine rings is 2. The molecule has 0 fully saturated rings. The van der Waals surface area contributed by atoms with E-state index in [-0.39, 0.29) is 5.69 Å². The van der Waals surface area contributed by atoms with Crippen molar-refractivity contribution in [2.45, 2.75) is 32.4 Å². The molecule has 4 rings (SSSR count). The maximum absolute atomic E-state index is 13.6. The molecule has 1 aromatic carbocycles. The highest BCUT2D eigenvalue weighted by atomic mass is 19.4. The highest BCUT2D eigenvalue weighted by molar-refractivity contribution is 6.07. The number of alkyl halides is 3. The number of rotatable bonds is 1. The molecule has 0 amide bonds. The van der Waals surface area contributed by atoms with Crippen LogP contribution in [0, 0.1) is 0 Å². The van der Waals surface area contributed by atoms with Crippen LogP contribution in [0.2, 0.25) is 0 Å². The van der Waals surface area contributed by atoms with Crippen LogP contribution < -0.4 is 0 Å². The molecule has 27 heavy (non-hydrogen) atoms. The Hall–Kier alpha value is -2.89. The number of aromatic amines is 1. The summed E-state index contributed by atoms with van der Waals surface area (Å²) in [4.78, 5) is 11.6. The van der Waals surface area contributed by atoms with Crippen molar-refractivity contribution < 1.29 is 13.2 Å². The zero-order valence-electron chi connectivity index (χ0n) is 15.1. The zero-order valence-corrected chi connectivity index (χ0v) is 15.1. The summed E-state index contributed by atoms with van der Waals surface area (Å²) in [6.45, 7) is 5.19. The Morgan fingerprint density at radius 1 is 0.852 bits per heavy atom. The van der Waals surface area contributed by atoms with Crippen molar-refractivity contribution in [3.63, 3.8) is 0 Å². The summed E-state index contributed by atoms with van der Waals surface area (Å²) >= 11 is 0. The molecule has 0 aliphatic carbocycles. The van der Waals surface area contributed by atoms with E-state index in [0.717, 1.165) is 21.8 Å². The number of halogens is 3. The Balaban J connectivity index is 1.89. The molecule has 138 valence electrons. The predicted octanol–water partition coefficient (Wildman–Crippen LogP) is 6.09. The molecule has 3 nitrogen and oxygen atoms in total. The molecule has 0 bridgehead atoms. The summed E-state index contributed by atoms with van der Waals surface area (Å²) in [6.07, 6.45) is 0.530. The first kappa shape index (κ1) is 17.5. The van der Waals surface area contributed by atoms with E-state index in [1.165, 1.54) is 12.3 Å². The number of fused-ring (bicyclic) bond motifs is 3. The average molecular weight is 369 g/mol. The lowest BCUT2D eigenvalue weighted by Crippen LogP contribution is -2.21. The van der Waals surface area contributed by atoms with Gasteiger partial charge in [-0.15, -0.1) is 0 Å². The van der Waals surface area contributed by atoms with Crippen molar-refractivity contribution in [2.24, 2.45) is 0 Å². The van der Waals surface area contributed by atoms with Crippen molar-refractivity contribution in [1.29, 1.82) is 0 Å². The van der Waals surface area contributed by atoms with Crippen LogP contribution in [0.4, 0.5) is 13.2 Å². The Kier molecular flexibility index (Phi) is 3.77. The van der Waals surface area contributed by atoms with Gasteiger partial charge >= 0.3 is 6.18 Å². The molecular formula is C21H18F3N3. The Labute approximate surface area is 154 Å². The van der Waals surface area contributed by atoms with Crippen LogP contribution >= 0.6 is 0 Å². The van der Waals surface area contributed by atoms with Crippen LogP contribution in [0.25, 0.3) is 32.9 Å². The van der Waals surface area contributed by atoms with Gasteiger partial charge in [0.15, 0.2) is 0 Å². The van der Waals surface area contributed by atoms with E-state index in [1.54, 1.807) is 33.2 Å². The van der Waals surface area contributed by atoms with Gasteiger partial charge in [-0.3, -0.25) is 9.97 Å². The van der Waals surface area contributed by atoms with E-state index in [9.17, 15) is 13.2 Å². The van der Waals surface area contributed by atoms with Gasteiger partial charge in [0.1, 0.15) is 0 Å². The van der Waals surface area contributed by atoms with E-state index in [2.05, 4.69) is 15.0 Å². The summed E-state index contributed by atoms with van der Waals surface area (Å²) in [6, 6.07) is 8.63. The Morgan fingerprint density at radius 3 is 2.33 bits per heavy atom. The van der Waals surface area contributed by atoms with E-state index in [0.29, 0.717) is 11.1 Å². The smallest absolute Gasteiger partial charge is 0.354 e. The van der Waals surface area contributed by atoms with Gasteiger partial charge in [-0.25, -0.2) is 0 Å². The molecule has 0 spiro atoms. The number of aromatic nitrogens is 3. The lowest BCUT2D eigenvalue weighted by molar-refractivity contribution is -0.139. The third-order valence-corrected chi connectivity index (χ3v) is 4.64. The van der Waals surface area contributed by atoms with Gasteiger partial charge in [0.25, 0.3) is 0 Å². The van der Waals surface area contributed by atoms with Crippen molar-refractivity contribution in [3.8, 4) is 11.1 Å². The quantitative estimate of drug-likeness (QED) is 0.441. The van der Waals surface area contributed by atoms with Crippen LogP contribution in [0.15, 0.2) is 48.9 Å². The van der Waals surface area contributed by atoms with Crippen LogP contribution in [-0.4, -0.2) is 15.0 Å². The summed E-state index contributed by atoms with van der Waals surface area (Å²) in [5.74, 6) is 0. The summed E-state index contributed by atoms with van der Waals surface area (Å²) < 4.78 is 40.8. The van der Waals surface area contributed by atoms with Gasteiger partial charge in [-0.05, 0) is 23.8 Å². The zero-order chi connectivity index (χ0) is 19.4. The molecule has 0 unspecified atom stereocenters. The highest BCUT2D eigenvalue weighted by Gasteiger charge is 2.37. The van der Waals surface area contributed by atoms with Crippen molar-refractivity contribution in [3.05, 3.63) is 60.2 Å². The molecule has 0 radical (unpaired) electrons. The van der Waals surface area contributed by atoms with Crippen LogP contribution in [0.5, 0.6) is 0 Å². The van der Waals surface area contributed by atoms with E-state index in [4.69, 9.17) is 0 Å². The maximum atomic E-state index is 13.6. The van der Waals surface area contributed by atoms with Crippen LogP contribution in [0.3, 0.4) is 0 Å². The monoisotopic (exact) mass is 369 g/mol. The van der Waals surface area contributed by atoms with Crippen LogP contribution in [0.1, 0.15) is 32.0 Å². The van der Waals surface area contributed by atoms with Crippen molar-refractivity contribution in [1.82, 2.24) is 15.0 Å². The molecule has 4 aromatic rings. The molecule has 0 saturated carbocycles. The van der Waals surface area contributed by atoms with E-state index >= 15 is 0 Å². The molecule has 6 heteroatoms. The lowest BCUT2D eigenvalue weighted by Gasteiger charge is -2.23. The minimum absolute atomic E-state index is 0.0523. The molecular weight excluding hydrogens is 351 g/mol. The number of nitrogens with one attached hydrogen (secondary N) is 1. The normalized spacial score (nSPS) is 12.8. The molecule has 3 aromatic heterocycles. The Morgan fingerprint density at radius 2 is 1.63 bits per heavy atom. The van der Waals surface area contributed by atoms with Gasteiger partial charge < -0.3 is 4.98 Å². The van der Waals surface area contributed by atoms with Gasteiger partial charge in [-0.2, -0.15) is 13.2 Å². The second-order valence-electron chi connectivity index (χ2n) is 7.67. The standard InChI is InChI=1S/C21H18F3N3/c1-20(2,3)19-16(21(22,23)24)8-13(10-26-19)12-4-5-14-15-11-25-7-6-17(15)27-18(14)9-12/h4-11,27H,1-3H3. The minimum atomic E-state index is -4.46. The molecule has 0 aliphatic heterocycles. The summed E-state index contributed by atoms with van der Waals surface area (Å²) in [5, 5.41) is 1.97. The highest BCUT2D eigenvalue weighted by Crippen LogP contribution is 2.39. The summed E-state index contributed by atoms with van der Waals surface area (Å²) in [5.41, 5.74) is 1.58. The molecule has 0 aliphatic rings.